The third-order valence-electron chi connectivity index (χ3n) is 2.21. The largest absolute Gasteiger partial charge is 0.497 e. The standard InChI is InChI=1S/C12H11ClN2O/c1-16-11-4-2-3-9(6-11)5-10-7-12(13)15-8-14-10/h2-4,6-8H,5H2,1H3. The van der Waals surface area contributed by atoms with Crippen LogP contribution in [0.1, 0.15) is 11.3 Å². The SMILES string of the molecule is COc1cccc(Cc2cc(Cl)ncn2)c1. The van der Waals surface area contributed by atoms with Crippen LogP contribution in [0.15, 0.2) is 36.7 Å². The Hall–Kier alpha value is -1.61. The Kier molecular flexibility index (Phi) is 3.37. The van der Waals surface area contributed by atoms with E-state index in [1.54, 1.807) is 13.2 Å². The van der Waals surface area contributed by atoms with E-state index < -0.39 is 0 Å². The van der Waals surface area contributed by atoms with Gasteiger partial charge in [-0.1, -0.05) is 23.7 Å². The van der Waals surface area contributed by atoms with Crippen molar-refractivity contribution < 1.29 is 4.74 Å². The maximum Gasteiger partial charge on any atom is 0.132 e. The number of halogens is 1. The summed E-state index contributed by atoms with van der Waals surface area (Å²) < 4.78 is 5.16. The van der Waals surface area contributed by atoms with E-state index in [-0.39, 0.29) is 0 Å². The molecule has 16 heavy (non-hydrogen) atoms. The molecule has 0 bridgehead atoms. The van der Waals surface area contributed by atoms with Crippen molar-refractivity contribution in [1.82, 2.24) is 9.97 Å². The molecule has 0 spiro atoms. The van der Waals surface area contributed by atoms with E-state index in [1.165, 1.54) is 6.33 Å². The first-order chi connectivity index (χ1) is 7.78. The molecule has 0 saturated heterocycles. The summed E-state index contributed by atoms with van der Waals surface area (Å²) in [5, 5.41) is 0.466. The Morgan fingerprint density at radius 2 is 2.12 bits per heavy atom. The molecule has 4 heteroatoms. The first-order valence-corrected chi connectivity index (χ1v) is 5.25. The van der Waals surface area contributed by atoms with Crippen LogP contribution in [-0.4, -0.2) is 17.1 Å². The number of ether oxygens (including phenoxy) is 1. The van der Waals surface area contributed by atoms with Crippen LogP contribution in [0.5, 0.6) is 5.75 Å². The molecule has 0 radical (unpaired) electrons. The van der Waals surface area contributed by atoms with Crippen LogP contribution in [0.4, 0.5) is 0 Å². The fraction of sp³-hybridized carbons (Fsp3) is 0.167. The molecule has 2 aromatic rings. The number of benzene rings is 1. The molecule has 1 aromatic heterocycles. The van der Waals surface area contributed by atoms with Crippen molar-refractivity contribution in [2.45, 2.75) is 6.42 Å². The van der Waals surface area contributed by atoms with Gasteiger partial charge in [-0.25, -0.2) is 9.97 Å². The molecule has 0 aliphatic rings. The number of aromatic nitrogens is 2. The van der Waals surface area contributed by atoms with Gasteiger partial charge >= 0.3 is 0 Å². The first-order valence-electron chi connectivity index (χ1n) is 4.87. The average molecular weight is 235 g/mol. The van der Waals surface area contributed by atoms with Crippen LogP contribution in [-0.2, 0) is 6.42 Å². The van der Waals surface area contributed by atoms with E-state index >= 15 is 0 Å². The van der Waals surface area contributed by atoms with Crippen LogP contribution < -0.4 is 4.74 Å². The fourth-order valence-electron chi connectivity index (χ4n) is 1.46. The number of rotatable bonds is 3. The minimum absolute atomic E-state index is 0.466. The normalized spacial score (nSPS) is 10.1. The molecule has 0 N–H and O–H groups in total. The Morgan fingerprint density at radius 3 is 2.88 bits per heavy atom. The summed E-state index contributed by atoms with van der Waals surface area (Å²) in [7, 11) is 1.65. The second-order valence-corrected chi connectivity index (χ2v) is 3.75. The molecule has 0 amide bonds. The van der Waals surface area contributed by atoms with Crippen LogP contribution >= 0.6 is 11.6 Å². The van der Waals surface area contributed by atoms with Crippen LogP contribution in [0, 0.1) is 0 Å². The van der Waals surface area contributed by atoms with Gasteiger partial charge < -0.3 is 4.74 Å². The number of nitrogens with zero attached hydrogens (tertiary/aromatic N) is 2. The van der Waals surface area contributed by atoms with Gasteiger partial charge in [-0.2, -0.15) is 0 Å². The van der Waals surface area contributed by atoms with Crippen LogP contribution in [0.25, 0.3) is 0 Å². The molecule has 0 fully saturated rings. The van der Waals surface area contributed by atoms with Crippen molar-refractivity contribution in [3.05, 3.63) is 53.1 Å². The fourth-order valence-corrected chi connectivity index (χ4v) is 1.63. The average Bonchev–Trinajstić information content (AvgIpc) is 2.29. The maximum absolute atomic E-state index is 5.79. The molecule has 1 heterocycles. The summed E-state index contributed by atoms with van der Waals surface area (Å²) in [4.78, 5) is 8.00. The van der Waals surface area contributed by atoms with Gasteiger partial charge in [0.15, 0.2) is 0 Å². The highest BCUT2D eigenvalue weighted by atomic mass is 35.5. The van der Waals surface area contributed by atoms with Gasteiger partial charge in [0.1, 0.15) is 17.2 Å². The summed E-state index contributed by atoms with van der Waals surface area (Å²) in [6.07, 6.45) is 2.19. The zero-order chi connectivity index (χ0) is 11.4. The van der Waals surface area contributed by atoms with Gasteiger partial charge in [-0.05, 0) is 23.8 Å². The highest BCUT2D eigenvalue weighted by Gasteiger charge is 2.00. The van der Waals surface area contributed by atoms with E-state index in [0.29, 0.717) is 5.15 Å². The lowest BCUT2D eigenvalue weighted by atomic mass is 10.1. The molecule has 0 saturated carbocycles. The van der Waals surface area contributed by atoms with Crippen LogP contribution in [0.2, 0.25) is 5.15 Å². The molecule has 0 atom stereocenters. The topological polar surface area (TPSA) is 35.0 Å². The highest BCUT2D eigenvalue weighted by Crippen LogP contribution is 2.16. The summed E-state index contributed by atoms with van der Waals surface area (Å²) >= 11 is 5.79. The molecule has 3 nitrogen and oxygen atoms in total. The highest BCUT2D eigenvalue weighted by molar-refractivity contribution is 6.29. The van der Waals surface area contributed by atoms with Crippen molar-refractivity contribution in [1.29, 1.82) is 0 Å². The number of methoxy groups -OCH3 is 1. The van der Waals surface area contributed by atoms with Crippen molar-refractivity contribution in [3.8, 4) is 5.75 Å². The van der Waals surface area contributed by atoms with E-state index in [4.69, 9.17) is 16.3 Å². The van der Waals surface area contributed by atoms with Gasteiger partial charge in [0.2, 0.25) is 0 Å². The molecule has 82 valence electrons. The quantitative estimate of drug-likeness (QED) is 0.766. The van der Waals surface area contributed by atoms with Gasteiger partial charge in [-0.15, -0.1) is 0 Å². The lowest BCUT2D eigenvalue weighted by Gasteiger charge is -2.04. The summed E-state index contributed by atoms with van der Waals surface area (Å²) in [5.74, 6) is 0.845. The molecule has 1 aromatic carbocycles. The smallest absolute Gasteiger partial charge is 0.132 e. The Balaban J connectivity index is 2.20. The maximum atomic E-state index is 5.79. The van der Waals surface area contributed by atoms with Crippen molar-refractivity contribution >= 4 is 11.6 Å². The van der Waals surface area contributed by atoms with Gasteiger partial charge in [0.25, 0.3) is 0 Å². The predicted octanol–water partition coefficient (Wildman–Crippen LogP) is 2.73. The molecule has 0 aliphatic heterocycles. The van der Waals surface area contributed by atoms with Crippen molar-refractivity contribution in [3.63, 3.8) is 0 Å². The molecule has 0 aliphatic carbocycles. The molecule has 0 unspecified atom stereocenters. The zero-order valence-corrected chi connectivity index (χ0v) is 9.61. The van der Waals surface area contributed by atoms with Crippen molar-refractivity contribution in [2.75, 3.05) is 7.11 Å². The summed E-state index contributed by atoms with van der Waals surface area (Å²) in [6.45, 7) is 0. The lowest BCUT2D eigenvalue weighted by molar-refractivity contribution is 0.414. The van der Waals surface area contributed by atoms with Gasteiger partial charge in [-0.3, -0.25) is 0 Å². The van der Waals surface area contributed by atoms with Gasteiger partial charge in [0.05, 0.1) is 7.11 Å². The van der Waals surface area contributed by atoms with E-state index in [0.717, 1.165) is 23.4 Å². The molecule has 2 rings (SSSR count). The second-order valence-electron chi connectivity index (χ2n) is 3.36. The van der Waals surface area contributed by atoms with E-state index in [2.05, 4.69) is 9.97 Å². The minimum atomic E-state index is 0.466. The third kappa shape index (κ3) is 2.70. The predicted molar refractivity (Wildman–Crippen MR) is 62.8 cm³/mol. The number of hydrogen-bond donors (Lipinski definition) is 0. The summed E-state index contributed by atoms with van der Waals surface area (Å²) in [5.41, 5.74) is 2.03. The Bertz CT molecular complexity index is 488. The Labute approximate surface area is 99.1 Å². The second kappa shape index (κ2) is 4.94. The van der Waals surface area contributed by atoms with Crippen molar-refractivity contribution in [2.24, 2.45) is 0 Å². The van der Waals surface area contributed by atoms with Gasteiger partial charge in [0, 0.05) is 12.1 Å². The van der Waals surface area contributed by atoms with Crippen LogP contribution in [0.3, 0.4) is 0 Å². The first kappa shape index (κ1) is 10.9. The minimum Gasteiger partial charge on any atom is -0.497 e. The monoisotopic (exact) mass is 234 g/mol. The van der Waals surface area contributed by atoms with E-state index in [1.807, 2.05) is 24.3 Å². The molecular formula is C12H11ClN2O. The zero-order valence-electron chi connectivity index (χ0n) is 8.85. The summed E-state index contributed by atoms with van der Waals surface area (Å²) in [6, 6.07) is 9.64. The Morgan fingerprint density at radius 1 is 1.25 bits per heavy atom. The molecular weight excluding hydrogens is 224 g/mol. The number of hydrogen-bond acceptors (Lipinski definition) is 3. The third-order valence-corrected chi connectivity index (χ3v) is 2.42. The van der Waals surface area contributed by atoms with E-state index in [9.17, 15) is 0 Å². The lowest BCUT2D eigenvalue weighted by Crippen LogP contribution is -1.93.